The third-order valence-electron chi connectivity index (χ3n) is 5.83. The average Bonchev–Trinajstić information content (AvgIpc) is 2.80. The molecule has 2 aliphatic rings. The SMILES string of the molecule is O=c1cc(CN2CCOCC2)oc(CN2CCN(C/C=C/c3ccccc3)CC2)c1O. The predicted octanol–water partition coefficient (Wildman–Crippen LogP) is 2.01. The number of hydrogen-bond donors (Lipinski definition) is 1. The number of piperazine rings is 1. The van der Waals surface area contributed by atoms with Crippen molar-refractivity contribution >= 4 is 6.08 Å². The van der Waals surface area contributed by atoms with Gasteiger partial charge in [0.25, 0.3) is 0 Å². The number of nitrogens with zero attached hydrogens (tertiary/aromatic N) is 3. The zero-order chi connectivity index (χ0) is 21.5. The second-order valence-electron chi connectivity index (χ2n) is 8.13. The lowest BCUT2D eigenvalue weighted by Crippen LogP contribution is -2.45. The van der Waals surface area contributed by atoms with E-state index in [1.807, 2.05) is 18.2 Å². The standard InChI is InChI=1S/C24H31N3O4/c28-22-17-21(18-27-13-15-30-16-14-27)31-23(24(22)29)19-26-11-9-25(10-12-26)8-4-7-20-5-2-1-3-6-20/h1-7,17,29H,8-16,18-19H2/b7-4+. The van der Waals surface area contributed by atoms with Gasteiger partial charge < -0.3 is 14.3 Å². The second-order valence-corrected chi connectivity index (χ2v) is 8.13. The first kappa shape index (κ1) is 21.8. The molecule has 4 rings (SSSR count). The highest BCUT2D eigenvalue weighted by atomic mass is 16.5. The van der Waals surface area contributed by atoms with E-state index in [-0.39, 0.29) is 11.2 Å². The minimum Gasteiger partial charge on any atom is -0.502 e. The van der Waals surface area contributed by atoms with Gasteiger partial charge in [0.1, 0.15) is 5.76 Å². The van der Waals surface area contributed by atoms with Crippen molar-refractivity contribution < 1.29 is 14.3 Å². The average molecular weight is 426 g/mol. The molecule has 0 radical (unpaired) electrons. The highest BCUT2D eigenvalue weighted by molar-refractivity contribution is 5.48. The van der Waals surface area contributed by atoms with E-state index in [1.165, 1.54) is 11.6 Å². The van der Waals surface area contributed by atoms with Gasteiger partial charge in [-0.2, -0.15) is 0 Å². The van der Waals surface area contributed by atoms with Gasteiger partial charge in [-0.1, -0.05) is 42.5 Å². The van der Waals surface area contributed by atoms with Crippen molar-refractivity contribution in [1.82, 2.24) is 14.7 Å². The zero-order valence-corrected chi connectivity index (χ0v) is 17.9. The molecule has 2 aromatic rings. The summed E-state index contributed by atoms with van der Waals surface area (Å²) in [7, 11) is 0. The van der Waals surface area contributed by atoms with Crippen molar-refractivity contribution in [2.75, 3.05) is 59.0 Å². The first-order valence-corrected chi connectivity index (χ1v) is 11.0. The topological polar surface area (TPSA) is 69.4 Å². The Bertz CT molecular complexity index is 914. The smallest absolute Gasteiger partial charge is 0.227 e. The van der Waals surface area contributed by atoms with E-state index >= 15 is 0 Å². The number of rotatable bonds is 7. The van der Waals surface area contributed by atoms with Crippen LogP contribution in [-0.4, -0.2) is 78.8 Å². The van der Waals surface area contributed by atoms with Gasteiger partial charge in [-0.25, -0.2) is 0 Å². The van der Waals surface area contributed by atoms with Crippen LogP contribution in [0.2, 0.25) is 0 Å². The van der Waals surface area contributed by atoms with Gasteiger partial charge in [-0.3, -0.25) is 19.5 Å². The molecule has 3 heterocycles. The minimum atomic E-state index is -0.366. The second kappa shape index (κ2) is 10.7. The molecule has 2 fully saturated rings. The largest absolute Gasteiger partial charge is 0.502 e. The monoisotopic (exact) mass is 425 g/mol. The summed E-state index contributed by atoms with van der Waals surface area (Å²) in [5.41, 5.74) is 0.845. The van der Waals surface area contributed by atoms with Gasteiger partial charge in [0.2, 0.25) is 11.2 Å². The van der Waals surface area contributed by atoms with Crippen LogP contribution in [0.5, 0.6) is 5.75 Å². The lowest BCUT2D eigenvalue weighted by Gasteiger charge is -2.33. The molecule has 0 saturated carbocycles. The van der Waals surface area contributed by atoms with Crippen molar-refractivity contribution in [3.05, 3.63) is 69.8 Å². The lowest BCUT2D eigenvalue weighted by atomic mass is 10.2. The molecule has 1 aromatic heterocycles. The molecule has 0 unspecified atom stereocenters. The van der Waals surface area contributed by atoms with Crippen LogP contribution in [0.3, 0.4) is 0 Å². The van der Waals surface area contributed by atoms with Gasteiger partial charge in [0.05, 0.1) is 26.3 Å². The summed E-state index contributed by atoms with van der Waals surface area (Å²) in [5, 5.41) is 10.2. The van der Waals surface area contributed by atoms with Crippen LogP contribution >= 0.6 is 0 Å². The molecular formula is C24H31N3O4. The Morgan fingerprint density at radius 2 is 1.58 bits per heavy atom. The summed E-state index contributed by atoms with van der Waals surface area (Å²) in [6.45, 7) is 8.58. The van der Waals surface area contributed by atoms with Crippen LogP contribution in [-0.2, 0) is 17.8 Å². The van der Waals surface area contributed by atoms with Crippen molar-refractivity contribution in [2.45, 2.75) is 13.1 Å². The van der Waals surface area contributed by atoms with Gasteiger partial charge >= 0.3 is 0 Å². The van der Waals surface area contributed by atoms with Crippen LogP contribution in [0.1, 0.15) is 17.1 Å². The number of ether oxygens (including phenoxy) is 1. The molecule has 7 heteroatoms. The van der Waals surface area contributed by atoms with Crippen LogP contribution in [0.25, 0.3) is 6.08 Å². The summed E-state index contributed by atoms with van der Waals surface area (Å²) >= 11 is 0. The molecule has 7 nitrogen and oxygen atoms in total. The highest BCUT2D eigenvalue weighted by Gasteiger charge is 2.21. The highest BCUT2D eigenvalue weighted by Crippen LogP contribution is 2.19. The van der Waals surface area contributed by atoms with E-state index in [2.05, 4.69) is 39.0 Å². The minimum absolute atomic E-state index is 0.265. The Balaban J connectivity index is 1.29. The third-order valence-corrected chi connectivity index (χ3v) is 5.83. The van der Waals surface area contributed by atoms with Crippen LogP contribution in [0.15, 0.2) is 51.7 Å². The summed E-state index contributed by atoms with van der Waals surface area (Å²) in [6, 6.07) is 11.7. The van der Waals surface area contributed by atoms with Gasteiger partial charge in [0, 0.05) is 51.9 Å². The Kier molecular flexibility index (Phi) is 7.53. The Labute approximate surface area is 183 Å². The molecule has 0 amide bonds. The predicted molar refractivity (Wildman–Crippen MR) is 120 cm³/mol. The van der Waals surface area contributed by atoms with Crippen LogP contribution in [0, 0.1) is 0 Å². The lowest BCUT2D eigenvalue weighted by molar-refractivity contribution is 0.0305. The summed E-state index contributed by atoms with van der Waals surface area (Å²) in [5.74, 6) is 0.705. The molecule has 0 spiro atoms. The van der Waals surface area contributed by atoms with Crippen molar-refractivity contribution in [2.24, 2.45) is 0 Å². The van der Waals surface area contributed by atoms with E-state index in [9.17, 15) is 9.90 Å². The molecule has 2 aliphatic heterocycles. The maximum Gasteiger partial charge on any atom is 0.227 e. The number of hydrogen-bond acceptors (Lipinski definition) is 7. The molecule has 31 heavy (non-hydrogen) atoms. The van der Waals surface area contributed by atoms with Crippen molar-refractivity contribution in [3.63, 3.8) is 0 Å². The molecular weight excluding hydrogens is 394 g/mol. The maximum absolute atomic E-state index is 12.2. The fourth-order valence-corrected chi connectivity index (χ4v) is 3.99. The first-order chi connectivity index (χ1) is 15.2. The molecule has 2 saturated heterocycles. The maximum atomic E-state index is 12.2. The summed E-state index contributed by atoms with van der Waals surface area (Å²) in [6.07, 6.45) is 4.35. The Morgan fingerprint density at radius 1 is 0.903 bits per heavy atom. The third kappa shape index (κ3) is 6.27. The van der Waals surface area contributed by atoms with Crippen molar-refractivity contribution in [1.29, 1.82) is 0 Å². The van der Waals surface area contributed by atoms with E-state index in [0.29, 0.717) is 37.8 Å². The summed E-state index contributed by atoms with van der Waals surface area (Å²) < 4.78 is 11.3. The normalized spacial score (nSPS) is 19.2. The molecule has 1 aromatic carbocycles. The quantitative estimate of drug-likeness (QED) is 0.728. The van der Waals surface area contributed by atoms with E-state index in [4.69, 9.17) is 9.15 Å². The first-order valence-electron chi connectivity index (χ1n) is 11.0. The molecule has 0 bridgehead atoms. The van der Waals surface area contributed by atoms with Crippen LogP contribution in [0.4, 0.5) is 0 Å². The number of aromatic hydroxyl groups is 1. The fourth-order valence-electron chi connectivity index (χ4n) is 3.99. The number of benzene rings is 1. The van der Waals surface area contributed by atoms with Crippen molar-refractivity contribution in [3.8, 4) is 5.75 Å². The van der Waals surface area contributed by atoms with E-state index in [0.717, 1.165) is 45.8 Å². The molecule has 0 aliphatic carbocycles. The molecule has 166 valence electrons. The zero-order valence-electron chi connectivity index (χ0n) is 17.9. The Morgan fingerprint density at radius 3 is 2.32 bits per heavy atom. The van der Waals surface area contributed by atoms with Gasteiger partial charge in [-0.05, 0) is 5.56 Å². The fraction of sp³-hybridized carbons (Fsp3) is 0.458. The van der Waals surface area contributed by atoms with E-state index < -0.39 is 0 Å². The number of morpholine rings is 1. The van der Waals surface area contributed by atoms with Gasteiger partial charge in [0.15, 0.2) is 5.76 Å². The summed E-state index contributed by atoms with van der Waals surface area (Å²) in [4.78, 5) is 19.1. The molecule has 0 atom stereocenters. The van der Waals surface area contributed by atoms with E-state index in [1.54, 1.807) is 0 Å². The molecule has 1 N–H and O–H groups in total. The van der Waals surface area contributed by atoms with Gasteiger partial charge in [-0.15, -0.1) is 0 Å². The Hall–Kier alpha value is -2.45. The van der Waals surface area contributed by atoms with Crippen LogP contribution < -0.4 is 5.43 Å².